The van der Waals surface area contributed by atoms with E-state index in [2.05, 4.69) is 11.6 Å². The minimum Gasteiger partial charge on any atom is -0.234 e. The fourth-order valence-corrected chi connectivity index (χ4v) is 0. The average molecular weight is 167 g/mol. The minimum absolute atomic E-state index is 0.557. The zero-order valence-electron chi connectivity index (χ0n) is 3.63. The first-order valence-electron chi connectivity index (χ1n) is 1.57. The highest BCUT2D eigenvalue weighted by Crippen LogP contribution is 1.75. The highest BCUT2D eigenvalue weighted by molar-refractivity contribution is 6.25. The molecule has 0 heterocycles. The van der Waals surface area contributed by atoms with Gasteiger partial charge in [0, 0.05) is 11.8 Å². The van der Waals surface area contributed by atoms with E-state index in [9.17, 15) is 4.39 Å². The minimum atomic E-state index is -0.778. The van der Waals surface area contributed by atoms with Crippen molar-refractivity contribution < 1.29 is 4.39 Å². The van der Waals surface area contributed by atoms with Crippen LogP contribution in [0.1, 0.15) is 0 Å². The molecule has 4 heteroatoms. The molecule has 7 heavy (non-hydrogen) atoms. The van der Waals surface area contributed by atoms with E-state index in [0.29, 0.717) is 11.8 Å². The molecule has 0 aliphatic rings. The van der Waals surface area contributed by atoms with Crippen LogP contribution in [0.3, 0.4) is 0 Å². The molecule has 0 aliphatic carbocycles. The first-order chi connectivity index (χ1) is 3.33. The zero-order valence-corrected chi connectivity index (χ0v) is 5.90. The van der Waals surface area contributed by atoms with Crippen LogP contribution < -0.4 is 0 Å². The lowest BCUT2D eigenvalue weighted by Crippen LogP contribution is -1.63. The summed E-state index contributed by atoms with van der Waals surface area (Å²) in [5, 5.41) is 0. The van der Waals surface area contributed by atoms with Gasteiger partial charge in [-0.05, 0) is 0 Å². The summed E-state index contributed by atoms with van der Waals surface area (Å²) in [7, 11) is 0. The fourth-order valence-electron chi connectivity index (χ4n) is 0. The highest BCUT2D eigenvalue weighted by Gasteiger charge is 1.61. The van der Waals surface area contributed by atoms with E-state index in [4.69, 9.17) is 23.2 Å². The van der Waals surface area contributed by atoms with Crippen molar-refractivity contribution in [3.8, 4) is 0 Å². The molecule has 0 aromatic heterocycles. The first kappa shape index (κ1) is 10.7. The van der Waals surface area contributed by atoms with Gasteiger partial charge in [0.25, 0.3) is 0 Å². The van der Waals surface area contributed by atoms with Crippen molar-refractivity contribution in [2.45, 2.75) is 0 Å². The van der Waals surface area contributed by atoms with Gasteiger partial charge in [-0.1, -0.05) is 11.6 Å². The Morgan fingerprint density at radius 1 is 1.00 bits per heavy atom. The van der Waals surface area contributed by atoms with Crippen LogP contribution in [0.5, 0.6) is 0 Å². The Morgan fingerprint density at radius 3 is 1.14 bits per heavy atom. The summed E-state index contributed by atoms with van der Waals surface area (Å²) >= 11 is 14.4. The van der Waals surface area contributed by atoms with Crippen LogP contribution in [-0.2, 0) is 0 Å². The maximum atomic E-state index is 10.1. The number of halogens is 4. The zero-order chi connectivity index (χ0) is 6.12. The molecule has 0 atom stereocenters. The lowest BCUT2D eigenvalue weighted by atomic mass is 11.0. The third kappa shape index (κ3) is 48.4. The van der Waals surface area contributed by atoms with Gasteiger partial charge in [-0.2, -0.15) is 0 Å². The molecule has 0 rings (SSSR count). The molecule has 0 amide bonds. The molecule has 0 aromatic rings. The van der Waals surface area contributed by atoms with Gasteiger partial charge in [0.2, 0.25) is 0 Å². The highest BCUT2D eigenvalue weighted by atomic mass is 35.5. The molecule has 0 radical (unpaired) electrons. The molecule has 0 aliphatic heterocycles. The van der Waals surface area contributed by atoms with Gasteiger partial charge < -0.3 is 0 Å². The molecule has 0 saturated carbocycles. The van der Waals surface area contributed by atoms with Gasteiger partial charge in [0.1, 0.15) is 0 Å². The maximum absolute atomic E-state index is 10.1. The third-order valence-corrected chi connectivity index (χ3v) is 0.643. The molecule has 0 aromatic carbocycles. The second-order valence-electron chi connectivity index (χ2n) is 0.479. The standard InChI is InChI=1S/C2H4Cl2.CH2ClF/c3-1-2-4;2-1-3/h1-2H2;1H2. The lowest BCUT2D eigenvalue weighted by molar-refractivity contribution is 0.599. The maximum Gasteiger partial charge on any atom is 0.163 e. The topological polar surface area (TPSA) is 0 Å². The van der Waals surface area contributed by atoms with E-state index in [1.807, 2.05) is 0 Å². The number of alkyl halides is 4. The Morgan fingerprint density at radius 2 is 1.14 bits per heavy atom. The Labute approximate surface area is 57.6 Å². The van der Waals surface area contributed by atoms with Crippen molar-refractivity contribution in [2.75, 3.05) is 17.9 Å². The number of rotatable bonds is 1. The van der Waals surface area contributed by atoms with Crippen molar-refractivity contribution in [1.29, 1.82) is 0 Å². The Bertz CT molecular complexity index is 17.7. The summed E-state index contributed by atoms with van der Waals surface area (Å²) in [6.45, 7) is 0. The predicted molar refractivity (Wildman–Crippen MR) is 33.3 cm³/mol. The van der Waals surface area contributed by atoms with E-state index in [1.165, 1.54) is 0 Å². The van der Waals surface area contributed by atoms with Crippen molar-refractivity contribution in [1.82, 2.24) is 0 Å². The lowest BCUT2D eigenvalue weighted by Gasteiger charge is -1.63. The molecule has 0 spiro atoms. The molecule has 0 N–H and O–H groups in total. The van der Waals surface area contributed by atoms with E-state index >= 15 is 0 Å². The predicted octanol–water partition coefficient (Wildman–Crippen LogP) is 2.62. The smallest absolute Gasteiger partial charge is 0.163 e. The SMILES string of the molecule is ClCCCl.FCCl. The fraction of sp³-hybridized carbons (Fsp3) is 1.00. The Balaban J connectivity index is 0. The molecule has 46 valence electrons. The van der Waals surface area contributed by atoms with Gasteiger partial charge in [-0.3, -0.25) is 0 Å². The van der Waals surface area contributed by atoms with E-state index in [0.717, 1.165) is 0 Å². The second-order valence-corrected chi connectivity index (χ2v) is 1.44. The Kier molecular flexibility index (Phi) is 24.3. The van der Waals surface area contributed by atoms with Crippen LogP contribution in [0.4, 0.5) is 4.39 Å². The summed E-state index contributed by atoms with van der Waals surface area (Å²) in [5.41, 5.74) is 0. The summed E-state index contributed by atoms with van der Waals surface area (Å²) in [5.74, 6) is 1.11. The summed E-state index contributed by atoms with van der Waals surface area (Å²) in [6.07, 6.45) is -0.778. The van der Waals surface area contributed by atoms with Gasteiger partial charge in [-0.25, -0.2) is 4.39 Å². The Hall–Kier alpha value is 0.800. The third-order valence-electron chi connectivity index (χ3n) is 0.0714. The summed E-state index contributed by atoms with van der Waals surface area (Å²) in [6, 6.07) is 0. The van der Waals surface area contributed by atoms with Gasteiger partial charge >= 0.3 is 0 Å². The van der Waals surface area contributed by atoms with Crippen LogP contribution in [0.25, 0.3) is 0 Å². The van der Waals surface area contributed by atoms with Crippen molar-refractivity contribution in [2.24, 2.45) is 0 Å². The van der Waals surface area contributed by atoms with E-state index in [-0.39, 0.29) is 0 Å². The van der Waals surface area contributed by atoms with Crippen LogP contribution in [0.2, 0.25) is 0 Å². The average Bonchev–Trinajstić information content (AvgIpc) is 1.69. The molecule has 0 saturated heterocycles. The quantitative estimate of drug-likeness (QED) is 0.527. The first-order valence-corrected chi connectivity index (χ1v) is 3.17. The van der Waals surface area contributed by atoms with Crippen LogP contribution in [0, 0.1) is 0 Å². The van der Waals surface area contributed by atoms with Crippen LogP contribution in [0.15, 0.2) is 0 Å². The van der Waals surface area contributed by atoms with E-state index in [1.54, 1.807) is 0 Å². The van der Waals surface area contributed by atoms with Crippen LogP contribution in [-0.4, -0.2) is 17.9 Å². The normalized spacial score (nSPS) is 6.86. The number of hydrogen-bond acceptors (Lipinski definition) is 0. The van der Waals surface area contributed by atoms with Crippen molar-refractivity contribution >= 4 is 34.8 Å². The largest absolute Gasteiger partial charge is 0.234 e. The molecule has 0 unspecified atom stereocenters. The van der Waals surface area contributed by atoms with Crippen LogP contribution >= 0.6 is 34.8 Å². The van der Waals surface area contributed by atoms with Gasteiger partial charge in [0.15, 0.2) is 6.13 Å². The van der Waals surface area contributed by atoms with Crippen molar-refractivity contribution in [3.63, 3.8) is 0 Å². The number of hydrogen-bond donors (Lipinski definition) is 0. The molecular formula is C3H6Cl3F. The molecule has 0 nitrogen and oxygen atoms in total. The monoisotopic (exact) mass is 166 g/mol. The second kappa shape index (κ2) is 15.8. The molecule has 0 bridgehead atoms. The van der Waals surface area contributed by atoms with Gasteiger partial charge in [0.05, 0.1) is 0 Å². The summed E-state index contributed by atoms with van der Waals surface area (Å²) in [4.78, 5) is 0. The van der Waals surface area contributed by atoms with Gasteiger partial charge in [-0.15, -0.1) is 23.2 Å². The van der Waals surface area contributed by atoms with Crippen molar-refractivity contribution in [3.05, 3.63) is 0 Å². The molecule has 0 fully saturated rings. The molecular weight excluding hydrogens is 161 g/mol. The summed E-state index contributed by atoms with van der Waals surface area (Å²) < 4.78 is 10.1. The van der Waals surface area contributed by atoms with E-state index < -0.39 is 6.13 Å².